The lowest BCUT2D eigenvalue weighted by atomic mass is 10.2. The third-order valence-electron chi connectivity index (χ3n) is 2.87. The van der Waals surface area contributed by atoms with E-state index in [1.807, 2.05) is 0 Å². The van der Waals surface area contributed by atoms with Crippen LogP contribution in [0.4, 0.5) is 19.0 Å². The smallest absolute Gasteiger partial charge is 0.365 e. The number of likely N-dealkylation sites (N-methyl/N-ethyl adjacent to an activating group) is 1. The molecular weight excluding hydrogens is 277 g/mol. The van der Waals surface area contributed by atoms with Gasteiger partial charge in [-0.25, -0.2) is 9.97 Å². The van der Waals surface area contributed by atoms with E-state index < -0.39 is 18.0 Å². The van der Waals surface area contributed by atoms with Crippen LogP contribution in [0.5, 0.6) is 0 Å². The van der Waals surface area contributed by atoms with Crippen molar-refractivity contribution in [3.05, 3.63) is 18.1 Å². The van der Waals surface area contributed by atoms with Crippen LogP contribution in [0.1, 0.15) is 5.69 Å². The van der Waals surface area contributed by atoms with Crippen molar-refractivity contribution in [3.63, 3.8) is 0 Å². The molecule has 0 bridgehead atoms. The van der Waals surface area contributed by atoms with Crippen molar-refractivity contribution in [2.75, 3.05) is 31.6 Å². The van der Waals surface area contributed by atoms with Gasteiger partial charge in [-0.1, -0.05) is 0 Å². The summed E-state index contributed by atoms with van der Waals surface area (Å²) in [6.45, 7) is 0.749. The first-order valence-corrected chi connectivity index (χ1v) is 5.89. The molecule has 1 fully saturated rings. The lowest BCUT2D eigenvalue weighted by Gasteiger charge is -2.32. The highest BCUT2D eigenvalue weighted by Gasteiger charge is 2.34. The van der Waals surface area contributed by atoms with E-state index in [9.17, 15) is 18.0 Å². The molecule has 0 radical (unpaired) electrons. The molecule has 20 heavy (non-hydrogen) atoms. The largest absolute Gasteiger partial charge is 0.433 e. The van der Waals surface area contributed by atoms with E-state index in [2.05, 4.69) is 15.3 Å². The monoisotopic (exact) mass is 290 g/mol. The van der Waals surface area contributed by atoms with Crippen LogP contribution in [0.15, 0.2) is 12.4 Å². The highest BCUT2D eigenvalue weighted by atomic mass is 19.4. The summed E-state index contributed by atoms with van der Waals surface area (Å²) in [5, 5.41) is 2.44. The maximum Gasteiger partial charge on any atom is 0.433 e. The molecule has 2 rings (SSSR count). The van der Waals surface area contributed by atoms with Crippen molar-refractivity contribution in [1.29, 1.82) is 0 Å². The third kappa shape index (κ3) is 3.16. The number of carbonyl (C=O) groups excluding carboxylic acids is 1. The van der Waals surface area contributed by atoms with Gasteiger partial charge in [0.2, 0.25) is 0 Å². The van der Waals surface area contributed by atoms with E-state index in [1.165, 1.54) is 7.05 Å². The van der Waals surface area contributed by atoms with Crippen molar-refractivity contribution >= 4 is 11.7 Å². The molecule has 2 heterocycles. The van der Waals surface area contributed by atoms with Crippen molar-refractivity contribution in [1.82, 2.24) is 15.3 Å². The van der Waals surface area contributed by atoms with Crippen LogP contribution >= 0.6 is 0 Å². The molecule has 0 spiro atoms. The van der Waals surface area contributed by atoms with Gasteiger partial charge in [0.15, 0.2) is 6.10 Å². The van der Waals surface area contributed by atoms with Crippen LogP contribution in [0.25, 0.3) is 0 Å². The van der Waals surface area contributed by atoms with E-state index in [-0.39, 0.29) is 24.9 Å². The van der Waals surface area contributed by atoms with Gasteiger partial charge in [0.25, 0.3) is 5.91 Å². The lowest BCUT2D eigenvalue weighted by Crippen LogP contribution is -2.49. The number of halogens is 3. The van der Waals surface area contributed by atoms with Gasteiger partial charge in [-0.3, -0.25) is 4.79 Å². The SMILES string of the molecule is CNC(=O)C1CN(c2cc(C(F)(F)F)ncn2)CCO1. The summed E-state index contributed by atoms with van der Waals surface area (Å²) in [5.41, 5.74) is -1.01. The molecule has 1 aromatic heterocycles. The second-order valence-electron chi connectivity index (χ2n) is 4.18. The Balaban J connectivity index is 2.17. The molecule has 1 aromatic rings. The Morgan fingerprint density at radius 3 is 2.90 bits per heavy atom. The molecule has 0 saturated carbocycles. The summed E-state index contributed by atoms with van der Waals surface area (Å²) >= 11 is 0. The van der Waals surface area contributed by atoms with Crippen LogP contribution in [0.3, 0.4) is 0 Å². The molecule has 1 N–H and O–H groups in total. The van der Waals surface area contributed by atoms with Gasteiger partial charge in [0, 0.05) is 19.7 Å². The predicted octanol–water partition coefficient (Wildman–Crippen LogP) is 0.447. The van der Waals surface area contributed by atoms with Crippen molar-refractivity contribution < 1.29 is 22.7 Å². The predicted molar refractivity (Wildman–Crippen MR) is 63.1 cm³/mol. The van der Waals surface area contributed by atoms with Gasteiger partial charge in [-0.15, -0.1) is 0 Å². The number of anilines is 1. The average molecular weight is 290 g/mol. The van der Waals surface area contributed by atoms with Gasteiger partial charge in [0.1, 0.15) is 17.8 Å². The number of carbonyl (C=O) groups is 1. The van der Waals surface area contributed by atoms with E-state index in [0.717, 1.165) is 12.4 Å². The Hall–Kier alpha value is -1.90. The fourth-order valence-corrected chi connectivity index (χ4v) is 1.85. The maximum atomic E-state index is 12.6. The fraction of sp³-hybridized carbons (Fsp3) is 0.545. The van der Waals surface area contributed by atoms with E-state index in [1.54, 1.807) is 4.90 Å². The number of amides is 1. The number of alkyl halides is 3. The fourth-order valence-electron chi connectivity index (χ4n) is 1.85. The molecular formula is C11H13F3N4O2. The summed E-state index contributed by atoms with van der Waals surface area (Å²) in [6, 6.07) is 0.867. The zero-order valence-electron chi connectivity index (χ0n) is 10.6. The van der Waals surface area contributed by atoms with Crippen molar-refractivity contribution in [3.8, 4) is 0 Å². The molecule has 0 aromatic carbocycles. The van der Waals surface area contributed by atoms with Gasteiger partial charge < -0.3 is 15.0 Å². The number of ether oxygens (including phenoxy) is 1. The zero-order chi connectivity index (χ0) is 14.8. The molecule has 1 saturated heterocycles. The molecule has 1 atom stereocenters. The maximum absolute atomic E-state index is 12.6. The Morgan fingerprint density at radius 2 is 2.25 bits per heavy atom. The number of nitrogens with one attached hydrogen (secondary N) is 1. The minimum absolute atomic E-state index is 0.129. The number of morpholine rings is 1. The molecule has 9 heteroatoms. The minimum atomic E-state index is -4.52. The molecule has 1 aliphatic rings. The average Bonchev–Trinajstić information content (AvgIpc) is 2.46. The van der Waals surface area contributed by atoms with Crippen molar-refractivity contribution in [2.24, 2.45) is 0 Å². The number of hydrogen-bond donors (Lipinski definition) is 1. The standard InChI is InChI=1S/C11H13F3N4O2/c1-15-10(19)7-5-18(2-3-20-7)9-4-8(11(12,13)14)16-6-17-9/h4,6-7H,2-3,5H2,1H3,(H,15,19). The third-order valence-corrected chi connectivity index (χ3v) is 2.87. The molecule has 0 aliphatic carbocycles. The zero-order valence-corrected chi connectivity index (χ0v) is 10.6. The summed E-state index contributed by atoms with van der Waals surface area (Å²) in [6.07, 6.45) is -4.38. The molecule has 6 nitrogen and oxygen atoms in total. The number of aromatic nitrogens is 2. The first-order valence-electron chi connectivity index (χ1n) is 5.89. The van der Waals surface area contributed by atoms with Crippen LogP contribution in [0.2, 0.25) is 0 Å². The Labute approximate surface area is 113 Å². The second-order valence-corrected chi connectivity index (χ2v) is 4.18. The first kappa shape index (κ1) is 14.5. The van der Waals surface area contributed by atoms with E-state index in [4.69, 9.17) is 4.74 Å². The molecule has 1 amide bonds. The lowest BCUT2D eigenvalue weighted by molar-refractivity contribution is -0.141. The Morgan fingerprint density at radius 1 is 1.50 bits per heavy atom. The molecule has 110 valence electrons. The van der Waals surface area contributed by atoms with Crippen LogP contribution < -0.4 is 10.2 Å². The highest BCUT2D eigenvalue weighted by molar-refractivity contribution is 5.81. The summed E-state index contributed by atoms with van der Waals surface area (Å²) in [7, 11) is 1.47. The number of nitrogens with zero attached hydrogens (tertiary/aromatic N) is 3. The van der Waals surface area contributed by atoms with Crippen LogP contribution in [0, 0.1) is 0 Å². The summed E-state index contributed by atoms with van der Waals surface area (Å²) in [4.78, 5) is 20.1. The topological polar surface area (TPSA) is 67.4 Å². The summed E-state index contributed by atoms with van der Waals surface area (Å²) < 4.78 is 43.1. The van der Waals surface area contributed by atoms with Gasteiger partial charge in [0.05, 0.1) is 13.2 Å². The van der Waals surface area contributed by atoms with E-state index >= 15 is 0 Å². The normalized spacial score (nSPS) is 19.8. The highest BCUT2D eigenvalue weighted by Crippen LogP contribution is 2.29. The van der Waals surface area contributed by atoms with Crippen LogP contribution in [-0.2, 0) is 15.7 Å². The first-order chi connectivity index (χ1) is 9.41. The second kappa shape index (κ2) is 5.61. The Bertz CT molecular complexity index is 495. The minimum Gasteiger partial charge on any atom is -0.365 e. The van der Waals surface area contributed by atoms with Gasteiger partial charge >= 0.3 is 6.18 Å². The molecule has 1 aliphatic heterocycles. The van der Waals surface area contributed by atoms with Gasteiger partial charge in [-0.2, -0.15) is 13.2 Å². The number of hydrogen-bond acceptors (Lipinski definition) is 5. The Kier molecular flexibility index (Phi) is 4.07. The quantitative estimate of drug-likeness (QED) is 0.856. The molecule has 1 unspecified atom stereocenters. The summed E-state index contributed by atoms with van der Waals surface area (Å²) in [5.74, 6) is -0.190. The van der Waals surface area contributed by atoms with E-state index in [0.29, 0.717) is 6.54 Å². The van der Waals surface area contributed by atoms with Gasteiger partial charge in [-0.05, 0) is 0 Å². The van der Waals surface area contributed by atoms with Crippen LogP contribution in [-0.4, -0.2) is 48.7 Å². The number of rotatable bonds is 2. The van der Waals surface area contributed by atoms with Crippen molar-refractivity contribution in [2.45, 2.75) is 12.3 Å².